The van der Waals surface area contributed by atoms with Crippen molar-refractivity contribution >= 4 is 34.8 Å². The molecule has 0 saturated heterocycles. The Kier molecular flexibility index (Phi) is 5.28. The molecule has 0 heterocycles. The molecule has 0 bridgehead atoms. The predicted octanol–water partition coefficient (Wildman–Crippen LogP) is 5.64. The van der Waals surface area contributed by atoms with Crippen molar-refractivity contribution in [2.75, 3.05) is 0 Å². The SMILES string of the molecule is CC(NCc1ccc(Cl)cc1F)c1ccc(Cl)cc1Cl. The lowest BCUT2D eigenvalue weighted by Gasteiger charge is -2.16. The van der Waals surface area contributed by atoms with E-state index in [0.717, 1.165) is 5.56 Å². The van der Waals surface area contributed by atoms with E-state index in [-0.39, 0.29) is 11.9 Å². The lowest BCUT2D eigenvalue weighted by atomic mass is 10.1. The summed E-state index contributed by atoms with van der Waals surface area (Å²) in [6, 6.07) is 9.96. The van der Waals surface area contributed by atoms with Crippen LogP contribution in [0.25, 0.3) is 0 Å². The van der Waals surface area contributed by atoms with E-state index >= 15 is 0 Å². The predicted molar refractivity (Wildman–Crippen MR) is 83.1 cm³/mol. The first-order valence-corrected chi connectivity index (χ1v) is 7.23. The summed E-state index contributed by atoms with van der Waals surface area (Å²) in [7, 11) is 0. The monoisotopic (exact) mass is 331 g/mol. The Balaban J connectivity index is 2.06. The Morgan fingerprint density at radius 1 is 1.05 bits per heavy atom. The third kappa shape index (κ3) is 3.86. The first-order chi connectivity index (χ1) is 9.47. The first kappa shape index (κ1) is 15.6. The van der Waals surface area contributed by atoms with Gasteiger partial charge in [-0.2, -0.15) is 0 Å². The third-order valence-electron chi connectivity index (χ3n) is 3.04. The van der Waals surface area contributed by atoms with Crippen LogP contribution in [0.2, 0.25) is 15.1 Å². The van der Waals surface area contributed by atoms with Gasteiger partial charge >= 0.3 is 0 Å². The molecule has 106 valence electrons. The Morgan fingerprint density at radius 3 is 2.35 bits per heavy atom. The van der Waals surface area contributed by atoms with Crippen LogP contribution in [0, 0.1) is 5.82 Å². The second-order valence-electron chi connectivity index (χ2n) is 4.50. The number of halogens is 4. The number of hydrogen-bond donors (Lipinski definition) is 1. The second-order valence-corrected chi connectivity index (χ2v) is 5.78. The van der Waals surface area contributed by atoms with E-state index in [4.69, 9.17) is 34.8 Å². The molecule has 2 aromatic carbocycles. The van der Waals surface area contributed by atoms with E-state index in [1.54, 1.807) is 24.3 Å². The number of hydrogen-bond acceptors (Lipinski definition) is 1. The van der Waals surface area contributed by atoms with Crippen molar-refractivity contribution in [1.29, 1.82) is 0 Å². The molecule has 0 aromatic heterocycles. The highest BCUT2D eigenvalue weighted by Crippen LogP contribution is 2.26. The first-order valence-electron chi connectivity index (χ1n) is 6.09. The van der Waals surface area contributed by atoms with Crippen molar-refractivity contribution in [3.05, 3.63) is 68.4 Å². The van der Waals surface area contributed by atoms with E-state index in [2.05, 4.69) is 5.32 Å². The largest absolute Gasteiger partial charge is 0.306 e. The van der Waals surface area contributed by atoms with Gasteiger partial charge in [-0.15, -0.1) is 0 Å². The van der Waals surface area contributed by atoms with Gasteiger partial charge in [-0.3, -0.25) is 0 Å². The Labute approximate surface area is 132 Å². The summed E-state index contributed by atoms with van der Waals surface area (Å²) in [6.07, 6.45) is 0. The van der Waals surface area contributed by atoms with Crippen LogP contribution in [0.15, 0.2) is 36.4 Å². The molecular formula is C15H13Cl3FN. The summed E-state index contributed by atoms with van der Waals surface area (Å²) in [4.78, 5) is 0. The number of benzene rings is 2. The van der Waals surface area contributed by atoms with Gasteiger partial charge in [0.05, 0.1) is 0 Å². The van der Waals surface area contributed by atoms with Crippen molar-refractivity contribution in [2.45, 2.75) is 19.5 Å². The molecule has 2 aromatic rings. The molecule has 0 radical (unpaired) electrons. The second kappa shape index (κ2) is 6.77. The van der Waals surface area contributed by atoms with Gasteiger partial charge in [-0.05, 0) is 36.8 Å². The van der Waals surface area contributed by atoms with Crippen LogP contribution >= 0.6 is 34.8 Å². The zero-order valence-electron chi connectivity index (χ0n) is 10.8. The maximum Gasteiger partial charge on any atom is 0.129 e. The Morgan fingerprint density at radius 2 is 1.70 bits per heavy atom. The lowest BCUT2D eigenvalue weighted by Crippen LogP contribution is -2.19. The van der Waals surface area contributed by atoms with Crippen molar-refractivity contribution in [1.82, 2.24) is 5.32 Å². The normalized spacial score (nSPS) is 12.4. The van der Waals surface area contributed by atoms with Gasteiger partial charge < -0.3 is 5.32 Å². The summed E-state index contributed by atoms with van der Waals surface area (Å²) < 4.78 is 13.7. The molecule has 2 rings (SSSR count). The van der Waals surface area contributed by atoms with Gasteiger partial charge in [0.15, 0.2) is 0 Å². The maximum atomic E-state index is 13.7. The molecule has 1 unspecified atom stereocenters. The third-order valence-corrected chi connectivity index (χ3v) is 3.84. The molecule has 0 fully saturated rings. The molecule has 0 aliphatic heterocycles. The summed E-state index contributed by atoms with van der Waals surface area (Å²) in [6.45, 7) is 2.35. The highest BCUT2D eigenvalue weighted by atomic mass is 35.5. The number of rotatable bonds is 4. The van der Waals surface area contributed by atoms with Crippen molar-refractivity contribution < 1.29 is 4.39 Å². The van der Waals surface area contributed by atoms with Crippen LogP contribution in [-0.4, -0.2) is 0 Å². The summed E-state index contributed by atoms with van der Waals surface area (Å²) >= 11 is 17.7. The van der Waals surface area contributed by atoms with Crippen LogP contribution in [0.4, 0.5) is 4.39 Å². The minimum absolute atomic E-state index is 0.0187. The molecule has 5 heteroatoms. The molecule has 0 saturated carbocycles. The zero-order chi connectivity index (χ0) is 14.7. The molecule has 20 heavy (non-hydrogen) atoms. The molecule has 0 spiro atoms. The summed E-state index contributed by atoms with van der Waals surface area (Å²) in [5.74, 6) is -0.320. The van der Waals surface area contributed by atoms with Gasteiger partial charge in [-0.25, -0.2) is 4.39 Å². The quantitative estimate of drug-likeness (QED) is 0.764. The Hall–Kier alpha value is -0.800. The van der Waals surface area contributed by atoms with Crippen molar-refractivity contribution in [2.24, 2.45) is 0 Å². The van der Waals surface area contributed by atoms with Crippen LogP contribution in [0.5, 0.6) is 0 Å². The fourth-order valence-electron chi connectivity index (χ4n) is 1.89. The minimum atomic E-state index is -0.320. The van der Waals surface area contributed by atoms with Gasteiger partial charge in [0.25, 0.3) is 0 Å². The highest BCUT2D eigenvalue weighted by Gasteiger charge is 2.11. The molecular weight excluding hydrogens is 320 g/mol. The molecule has 0 aliphatic rings. The summed E-state index contributed by atoms with van der Waals surface area (Å²) in [5.41, 5.74) is 1.48. The number of nitrogens with one attached hydrogen (secondary N) is 1. The highest BCUT2D eigenvalue weighted by molar-refractivity contribution is 6.35. The molecule has 0 aliphatic carbocycles. The zero-order valence-corrected chi connectivity index (χ0v) is 13.0. The fraction of sp³-hybridized carbons (Fsp3) is 0.200. The molecule has 1 N–H and O–H groups in total. The van der Waals surface area contributed by atoms with E-state index in [1.807, 2.05) is 13.0 Å². The van der Waals surface area contributed by atoms with Crippen LogP contribution in [0.3, 0.4) is 0 Å². The van der Waals surface area contributed by atoms with Crippen molar-refractivity contribution in [3.8, 4) is 0 Å². The topological polar surface area (TPSA) is 12.0 Å². The lowest BCUT2D eigenvalue weighted by molar-refractivity contribution is 0.544. The molecule has 1 atom stereocenters. The Bertz CT molecular complexity index is 616. The van der Waals surface area contributed by atoms with E-state index in [0.29, 0.717) is 27.2 Å². The average Bonchev–Trinajstić information content (AvgIpc) is 2.37. The van der Waals surface area contributed by atoms with Gasteiger partial charge in [-0.1, -0.05) is 46.9 Å². The van der Waals surface area contributed by atoms with E-state index in [9.17, 15) is 4.39 Å². The van der Waals surface area contributed by atoms with Crippen molar-refractivity contribution in [3.63, 3.8) is 0 Å². The molecule has 0 amide bonds. The van der Waals surface area contributed by atoms with Gasteiger partial charge in [0.2, 0.25) is 0 Å². The van der Waals surface area contributed by atoms with E-state index in [1.165, 1.54) is 6.07 Å². The fourth-order valence-corrected chi connectivity index (χ4v) is 2.62. The standard InChI is InChI=1S/C15H13Cl3FN/c1-9(13-5-4-11(16)6-14(13)18)20-8-10-2-3-12(17)7-15(10)19/h2-7,9,20H,8H2,1H3. The average molecular weight is 333 g/mol. The summed E-state index contributed by atoms with van der Waals surface area (Å²) in [5, 5.41) is 4.80. The van der Waals surface area contributed by atoms with Crippen LogP contribution < -0.4 is 5.32 Å². The van der Waals surface area contributed by atoms with Gasteiger partial charge in [0.1, 0.15) is 5.82 Å². The van der Waals surface area contributed by atoms with Crippen LogP contribution in [-0.2, 0) is 6.54 Å². The smallest absolute Gasteiger partial charge is 0.129 e. The van der Waals surface area contributed by atoms with E-state index < -0.39 is 0 Å². The molecule has 1 nitrogen and oxygen atoms in total. The minimum Gasteiger partial charge on any atom is -0.306 e. The van der Waals surface area contributed by atoms with Crippen LogP contribution in [0.1, 0.15) is 24.1 Å². The maximum absolute atomic E-state index is 13.7. The van der Waals surface area contributed by atoms with Gasteiger partial charge in [0, 0.05) is 33.2 Å².